The lowest BCUT2D eigenvalue weighted by Crippen LogP contribution is -2.60. The highest BCUT2D eigenvalue weighted by molar-refractivity contribution is 7.91. The largest absolute Gasteiger partial charge is 0.497 e. The highest BCUT2D eigenvalue weighted by Crippen LogP contribution is 2.46. The third-order valence-corrected chi connectivity index (χ3v) is 13.1. The Labute approximate surface area is 315 Å². The number of ether oxygens (including phenoxy) is 3. The van der Waals surface area contributed by atoms with Crippen molar-refractivity contribution < 1.29 is 41.8 Å². The smallest absolute Gasteiger partial charge is 0.408 e. The van der Waals surface area contributed by atoms with E-state index >= 15 is 0 Å². The first-order valence-corrected chi connectivity index (χ1v) is 20.5. The molecule has 5 aliphatic rings. The van der Waals surface area contributed by atoms with Crippen LogP contribution in [0.4, 0.5) is 4.79 Å². The average molecular weight is 767 g/mol. The van der Waals surface area contributed by atoms with Crippen molar-refractivity contribution in [2.24, 2.45) is 17.3 Å². The van der Waals surface area contributed by atoms with Gasteiger partial charge in [0.15, 0.2) is 0 Å². The molecule has 2 aromatic rings. The maximum Gasteiger partial charge on any atom is 0.408 e. The molecule has 4 fully saturated rings. The van der Waals surface area contributed by atoms with Crippen LogP contribution in [0.3, 0.4) is 0 Å². The first-order valence-electron chi connectivity index (χ1n) is 18.9. The summed E-state index contributed by atoms with van der Waals surface area (Å²) in [6.45, 7) is 9.18. The van der Waals surface area contributed by atoms with Crippen LogP contribution >= 0.6 is 0 Å². The Hall–Kier alpha value is -4.47. The van der Waals surface area contributed by atoms with E-state index in [1.165, 1.54) is 11.0 Å². The Balaban J connectivity index is 1.22. The molecule has 3 heterocycles. The van der Waals surface area contributed by atoms with E-state index in [2.05, 4.69) is 21.9 Å². The minimum Gasteiger partial charge on any atom is -0.497 e. The Bertz CT molecular complexity index is 1960. The van der Waals surface area contributed by atoms with E-state index in [1.54, 1.807) is 13.2 Å². The molecule has 3 saturated carbocycles. The lowest BCUT2D eigenvalue weighted by atomic mass is 9.85. The zero-order chi connectivity index (χ0) is 38.6. The third kappa shape index (κ3) is 7.85. The number of fused-ring (bicyclic) bond motifs is 5. The maximum absolute atomic E-state index is 14.6. The fourth-order valence-electron chi connectivity index (χ4n) is 7.64. The van der Waals surface area contributed by atoms with Crippen LogP contribution in [0.2, 0.25) is 0 Å². The number of hydrogen-bond donors (Lipinski definition) is 3. The van der Waals surface area contributed by atoms with E-state index in [-0.39, 0.29) is 31.4 Å². The van der Waals surface area contributed by atoms with Gasteiger partial charge in [-0.25, -0.2) is 23.2 Å². The molecule has 16 heteroatoms. The van der Waals surface area contributed by atoms with Gasteiger partial charge in [0, 0.05) is 18.4 Å². The summed E-state index contributed by atoms with van der Waals surface area (Å²) in [6, 6.07) is 3.20. The van der Waals surface area contributed by atoms with E-state index in [0.717, 1.165) is 32.1 Å². The van der Waals surface area contributed by atoms with Gasteiger partial charge in [-0.1, -0.05) is 39.7 Å². The molecule has 0 radical (unpaired) electrons. The number of nitrogens with one attached hydrogen (secondary N) is 3. The van der Waals surface area contributed by atoms with Crippen molar-refractivity contribution >= 4 is 44.9 Å². The number of hydrogen-bond acceptors (Lipinski definition) is 11. The fourth-order valence-corrected chi connectivity index (χ4v) is 9.00. The number of alkyl carbamates (subject to hydrolysis) is 1. The van der Waals surface area contributed by atoms with Crippen LogP contribution in [0.5, 0.6) is 11.6 Å². The van der Waals surface area contributed by atoms with E-state index in [4.69, 9.17) is 24.2 Å². The molecular weight excluding hydrogens is 717 g/mol. The van der Waals surface area contributed by atoms with Crippen LogP contribution in [0.1, 0.15) is 84.3 Å². The van der Waals surface area contributed by atoms with E-state index < -0.39 is 74.1 Å². The van der Waals surface area contributed by atoms with Crippen molar-refractivity contribution in [3.63, 3.8) is 0 Å². The van der Waals surface area contributed by atoms with Crippen molar-refractivity contribution in [3.05, 3.63) is 36.5 Å². The molecule has 3 aliphatic carbocycles. The molecule has 0 spiro atoms. The van der Waals surface area contributed by atoms with Crippen molar-refractivity contribution in [1.29, 1.82) is 0 Å². The van der Waals surface area contributed by atoms with Crippen LogP contribution in [-0.4, -0.2) is 95.8 Å². The predicted octanol–water partition coefficient (Wildman–Crippen LogP) is 3.30. The van der Waals surface area contributed by atoms with Crippen molar-refractivity contribution in [1.82, 2.24) is 30.2 Å². The second kappa shape index (κ2) is 14.3. The number of sulfonamides is 1. The van der Waals surface area contributed by atoms with E-state index in [1.807, 2.05) is 32.9 Å². The normalized spacial score (nSPS) is 30.3. The number of nitrogens with zero attached hydrogens (tertiary/aromatic N) is 3. The predicted molar refractivity (Wildman–Crippen MR) is 197 cm³/mol. The molecule has 2 unspecified atom stereocenters. The molecule has 1 aromatic carbocycles. The molecule has 292 valence electrons. The summed E-state index contributed by atoms with van der Waals surface area (Å²) in [4.78, 5) is 66.8. The molecular formula is C38H50N6O9S. The fraction of sp³-hybridized carbons (Fsp3) is 0.632. The van der Waals surface area contributed by atoms with Gasteiger partial charge in [-0.2, -0.15) is 0 Å². The molecule has 54 heavy (non-hydrogen) atoms. The van der Waals surface area contributed by atoms with Crippen molar-refractivity contribution in [3.8, 4) is 11.6 Å². The van der Waals surface area contributed by atoms with Crippen LogP contribution in [-0.2, 0) is 35.6 Å². The minimum atomic E-state index is -3.90. The van der Waals surface area contributed by atoms with Gasteiger partial charge in [0.1, 0.15) is 41.3 Å². The number of carbonyl (C=O) groups excluding carboxylic acids is 4. The van der Waals surface area contributed by atoms with Gasteiger partial charge in [0.25, 0.3) is 5.91 Å². The Morgan fingerprint density at radius 2 is 1.85 bits per heavy atom. The summed E-state index contributed by atoms with van der Waals surface area (Å²) in [5, 5.41) is 4.96. The number of rotatable bonds is 7. The monoisotopic (exact) mass is 766 g/mol. The molecule has 7 atom stereocenters. The van der Waals surface area contributed by atoms with E-state index in [0.29, 0.717) is 47.6 Å². The zero-order valence-electron chi connectivity index (χ0n) is 31.3. The Kier molecular flexibility index (Phi) is 10.0. The maximum atomic E-state index is 14.6. The molecule has 1 saturated heterocycles. The van der Waals surface area contributed by atoms with Gasteiger partial charge >= 0.3 is 6.09 Å². The van der Waals surface area contributed by atoms with Crippen LogP contribution in [0, 0.1) is 17.3 Å². The van der Waals surface area contributed by atoms with Gasteiger partial charge in [-0.05, 0) is 68.4 Å². The third-order valence-electron chi connectivity index (χ3n) is 11.3. The molecule has 3 N–H and O–H groups in total. The first-order chi connectivity index (χ1) is 25.6. The summed E-state index contributed by atoms with van der Waals surface area (Å²) >= 11 is 0. The number of benzene rings is 1. The number of methoxy groups -OCH3 is 1. The number of amides is 4. The molecule has 1 aromatic heterocycles. The number of carbonyl (C=O) groups is 4. The SMILES string of the molecule is C=CC1C[C@]1(NC(=O)[C@@H]1C[C@@H]2CN1C(=O)[C@H](C(C)(C)C)NC(=O)O[C@H]1CC1CCCCCc1nc3ccc(OC)cc3nc1O2)C(=O)NS(=O)(=O)C1CC1. The second-order valence-electron chi connectivity index (χ2n) is 16.5. The van der Waals surface area contributed by atoms with Gasteiger partial charge < -0.3 is 29.7 Å². The second-order valence-corrected chi connectivity index (χ2v) is 18.4. The molecule has 2 aliphatic heterocycles. The average Bonchev–Trinajstić information content (AvgIpc) is 4.04. The molecule has 2 bridgehead atoms. The summed E-state index contributed by atoms with van der Waals surface area (Å²) in [6.07, 6.45) is 5.93. The summed E-state index contributed by atoms with van der Waals surface area (Å²) in [7, 11) is -2.33. The molecule has 4 amide bonds. The quantitative estimate of drug-likeness (QED) is 0.350. The van der Waals surface area contributed by atoms with Gasteiger partial charge in [-0.3, -0.25) is 19.1 Å². The standard InChI is InChI=1S/C38H50N6O9S/c1-6-22-19-38(22,35(47)43-54(49,50)25-13-14-25)42-32(45)29-18-24-20-44(29)34(46)31(37(2,3)4)41-36(48)53-30-16-21(30)10-8-7-9-11-27-33(52-24)40-28-17-23(51-5)12-15-26(28)39-27/h6,12,15,17,21-22,24-25,29-31H,1,7-11,13-14,16,18-20H2,2-5H3,(H,41,48)(H,42,45)(H,43,47)/t21?,22?,24-,29+,30+,31-,38-/m1/s1. The Morgan fingerprint density at radius 1 is 1.07 bits per heavy atom. The van der Waals surface area contributed by atoms with Crippen molar-refractivity contribution in [2.45, 2.75) is 120 Å². The van der Waals surface area contributed by atoms with Crippen LogP contribution < -0.4 is 24.8 Å². The van der Waals surface area contributed by atoms with Gasteiger partial charge in [0.05, 0.1) is 29.9 Å². The lowest BCUT2D eigenvalue weighted by molar-refractivity contribution is -0.142. The highest BCUT2D eigenvalue weighted by Gasteiger charge is 2.62. The van der Waals surface area contributed by atoms with E-state index in [9.17, 15) is 27.6 Å². The lowest BCUT2D eigenvalue weighted by Gasteiger charge is -2.35. The number of aromatic nitrogens is 2. The van der Waals surface area contributed by atoms with Gasteiger partial charge in [-0.15, -0.1) is 6.58 Å². The zero-order valence-corrected chi connectivity index (χ0v) is 32.1. The topological polar surface area (TPSA) is 195 Å². The summed E-state index contributed by atoms with van der Waals surface area (Å²) in [5.41, 5.74) is -0.451. The Morgan fingerprint density at radius 3 is 2.54 bits per heavy atom. The highest BCUT2D eigenvalue weighted by atomic mass is 32.2. The first kappa shape index (κ1) is 37.8. The van der Waals surface area contributed by atoms with Crippen molar-refractivity contribution in [2.75, 3.05) is 13.7 Å². The molecule has 7 rings (SSSR count). The summed E-state index contributed by atoms with van der Waals surface area (Å²) in [5.74, 6) is -1.39. The van der Waals surface area contributed by atoms with Crippen LogP contribution in [0.15, 0.2) is 30.9 Å². The molecule has 15 nitrogen and oxygen atoms in total. The van der Waals surface area contributed by atoms with Crippen LogP contribution in [0.25, 0.3) is 11.0 Å². The number of aryl methyl sites for hydroxylation is 1. The summed E-state index contributed by atoms with van der Waals surface area (Å²) < 4.78 is 45.3. The minimum absolute atomic E-state index is 0.0245. The van der Waals surface area contributed by atoms with Gasteiger partial charge in [0.2, 0.25) is 27.7 Å².